The van der Waals surface area contributed by atoms with Crippen molar-refractivity contribution in [2.24, 2.45) is 0 Å². The van der Waals surface area contributed by atoms with Crippen LogP contribution in [0.2, 0.25) is 0 Å². The van der Waals surface area contributed by atoms with Gasteiger partial charge in [-0.2, -0.15) is 0 Å². The number of piperidine rings is 1. The van der Waals surface area contributed by atoms with Gasteiger partial charge in [0.1, 0.15) is 5.75 Å². The van der Waals surface area contributed by atoms with Crippen molar-refractivity contribution < 1.29 is 9.84 Å². The highest BCUT2D eigenvalue weighted by Gasteiger charge is 2.27. The van der Waals surface area contributed by atoms with Crippen molar-refractivity contribution in [3.8, 4) is 17.0 Å². The van der Waals surface area contributed by atoms with Crippen molar-refractivity contribution in [2.45, 2.75) is 25.6 Å². The molecule has 1 atom stereocenters. The van der Waals surface area contributed by atoms with Gasteiger partial charge in [0.15, 0.2) is 0 Å². The second-order valence-corrected chi connectivity index (χ2v) is 5.49. The van der Waals surface area contributed by atoms with Crippen molar-refractivity contribution in [3.05, 3.63) is 36.0 Å². The summed E-state index contributed by atoms with van der Waals surface area (Å²) in [4.78, 5) is 11.3. The van der Waals surface area contributed by atoms with Crippen molar-refractivity contribution in [1.29, 1.82) is 0 Å². The van der Waals surface area contributed by atoms with E-state index in [4.69, 9.17) is 9.72 Å². The van der Waals surface area contributed by atoms with E-state index in [2.05, 4.69) is 9.88 Å². The topological polar surface area (TPSA) is 58.5 Å². The number of hydrogen-bond donors (Lipinski definition) is 1. The highest BCUT2D eigenvalue weighted by Crippen LogP contribution is 2.40. The Balaban J connectivity index is 1.80. The third-order valence-electron chi connectivity index (χ3n) is 4.09. The van der Waals surface area contributed by atoms with Gasteiger partial charge in [0.25, 0.3) is 0 Å². The lowest BCUT2D eigenvalue weighted by molar-refractivity contribution is -0.0219. The maximum atomic E-state index is 10.1. The maximum absolute atomic E-state index is 10.1. The zero-order valence-corrected chi connectivity index (χ0v) is 11.7. The van der Waals surface area contributed by atoms with E-state index < -0.39 is 6.29 Å². The number of nitrogens with zero attached hydrogens (tertiary/aromatic N) is 3. The molecule has 1 aromatic carbocycles. The third-order valence-corrected chi connectivity index (χ3v) is 4.09. The highest BCUT2D eigenvalue weighted by molar-refractivity contribution is 5.72. The van der Waals surface area contributed by atoms with E-state index in [-0.39, 0.29) is 0 Å². The molecule has 2 aliphatic heterocycles. The molecule has 2 aromatic rings. The van der Waals surface area contributed by atoms with Crippen molar-refractivity contribution in [1.82, 2.24) is 9.97 Å². The van der Waals surface area contributed by atoms with Gasteiger partial charge in [-0.25, -0.2) is 9.97 Å². The Labute approximate surface area is 123 Å². The van der Waals surface area contributed by atoms with Crippen LogP contribution >= 0.6 is 0 Å². The van der Waals surface area contributed by atoms with Crippen LogP contribution in [0.15, 0.2) is 30.5 Å². The molecule has 4 rings (SSSR count). The molecule has 5 heteroatoms. The van der Waals surface area contributed by atoms with Crippen LogP contribution in [0.5, 0.6) is 5.75 Å². The standard InChI is InChI=1S/C16H17N3O2/c20-15-12-10-17-16(19-8-4-1-5-9-19)18-14(12)11-6-2-3-7-13(11)21-15/h2-3,6-7,10,15,20H,1,4-5,8-9H2. The predicted octanol–water partition coefficient (Wildman–Crippen LogP) is 2.52. The second kappa shape index (κ2) is 5.00. The summed E-state index contributed by atoms with van der Waals surface area (Å²) in [6, 6.07) is 7.66. The molecule has 3 heterocycles. The monoisotopic (exact) mass is 283 g/mol. The molecule has 2 aliphatic rings. The van der Waals surface area contributed by atoms with Crippen LogP contribution in [0.1, 0.15) is 31.1 Å². The largest absolute Gasteiger partial charge is 0.460 e. The zero-order chi connectivity index (χ0) is 14.2. The van der Waals surface area contributed by atoms with E-state index >= 15 is 0 Å². The molecule has 5 nitrogen and oxygen atoms in total. The number of anilines is 1. The normalized spacial score (nSPS) is 20.4. The minimum Gasteiger partial charge on any atom is -0.460 e. The summed E-state index contributed by atoms with van der Waals surface area (Å²) >= 11 is 0. The van der Waals surface area contributed by atoms with Crippen LogP contribution in [0, 0.1) is 0 Å². The molecular weight excluding hydrogens is 266 g/mol. The van der Waals surface area contributed by atoms with Gasteiger partial charge in [-0.05, 0) is 31.4 Å². The Morgan fingerprint density at radius 3 is 2.81 bits per heavy atom. The van der Waals surface area contributed by atoms with Crippen LogP contribution in [-0.2, 0) is 0 Å². The number of para-hydroxylation sites is 1. The first-order valence-corrected chi connectivity index (χ1v) is 7.39. The number of benzene rings is 1. The maximum Gasteiger partial charge on any atom is 0.227 e. The fourth-order valence-electron chi connectivity index (χ4n) is 2.97. The summed E-state index contributed by atoms with van der Waals surface area (Å²) in [6.45, 7) is 2.00. The molecule has 21 heavy (non-hydrogen) atoms. The number of rotatable bonds is 1. The lowest BCUT2D eigenvalue weighted by Gasteiger charge is -2.29. The Kier molecular flexibility index (Phi) is 3.00. The van der Waals surface area contributed by atoms with Gasteiger partial charge in [-0.15, -0.1) is 0 Å². The number of hydrogen-bond acceptors (Lipinski definition) is 5. The molecule has 0 bridgehead atoms. The van der Waals surface area contributed by atoms with Gasteiger partial charge < -0.3 is 14.7 Å². The van der Waals surface area contributed by atoms with Gasteiger partial charge in [0, 0.05) is 24.8 Å². The third kappa shape index (κ3) is 2.14. The summed E-state index contributed by atoms with van der Waals surface area (Å²) in [7, 11) is 0. The molecule has 1 fully saturated rings. The van der Waals surface area contributed by atoms with Crippen LogP contribution in [0.25, 0.3) is 11.3 Å². The first-order valence-electron chi connectivity index (χ1n) is 7.39. The molecule has 1 saturated heterocycles. The zero-order valence-electron chi connectivity index (χ0n) is 11.7. The molecule has 0 saturated carbocycles. The summed E-state index contributed by atoms with van der Waals surface area (Å²) in [5, 5.41) is 10.1. The molecule has 0 amide bonds. The van der Waals surface area contributed by atoms with Gasteiger partial charge in [-0.3, -0.25) is 0 Å². The summed E-state index contributed by atoms with van der Waals surface area (Å²) < 4.78 is 5.51. The Hall–Kier alpha value is -2.14. The lowest BCUT2D eigenvalue weighted by Crippen LogP contribution is -2.31. The molecule has 108 valence electrons. The number of aliphatic hydroxyl groups is 1. The van der Waals surface area contributed by atoms with Crippen molar-refractivity contribution in [2.75, 3.05) is 18.0 Å². The van der Waals surface area contributed by atoms with Crippen molar-refractivity contribution >= 4 is 5.95 Å². The number of fused-ring (bicyclic) bond motifs is 3. The average molecular weight is 283 g/mol. The second-order valence-electron chi connectivity index (χ2n) is 5.49. The summed E-state index contributed by atoms with van der Waals surface area (Å²) in [5.74, 6) is 1.41. The predicted molar refractivity (Wildman–Crippen MR) is 79.1 cm³/mol. The van der Waals surface area contributed by atoms with E-state index in [1.165, 1.54) is 19.3 Å². The lowest BCUT2D eigenvalue weighted by atomic mass is 10.0. The fraction of sp³-hybridized carbons (Fsp3) is 0.375. The molecule has 0 radical (unpaired) electrons. The van der Waals surface area contributed by atoms with Gasteiger partial charge in [-0.1, -0.05) is 12.1 Å². The van der Waals surface area contributed by atoms with Crippen LogP contribution in [0.4, 0.5) is 5.95 Å². The summed E-state index contributed by atoms with van der Waals surface area (Å²) in [5.41, 5.74) is 2.33. The van der Waals surface area contributed by atoms with Crippen LogP contribution < -0.4 is 9.64 Å². The first-order chi connectivity index (χ1) is 10.3. The van der Waals surface area contributed by atoms with Crippen molar-refractivity contribution in [3.63, 3.8) is 0 Å². The van der Waals surface area contributed by atoms with Crippen LogP contribution in [0.3, 0.4) is 0 Å². The average Bonchev–Trinajstić information content (AvgIpc) is 2.55. The van der Waals surface area contributed by atoms with E-state index in [1.54, 1.807) is 6.20 Å². The molecule has 1 aromatic heterocycles. The van der Waals surface area contributed by atoms with Crippen LogP contribution in [-0.4, -0.2) is 28.2 Å². The molecule has 1 N–H and O–H groups in total. The first kappa shape index (κ1) is 12.6. The molecule has 0 spiro atoms. The number of ether oxygens (including phenoxy) is 1. The highest BCUT2D eigenvalue weighted by atomic mass is 16.6. The molecular formula is C16H17N3O2. The SMILES string of the molecule is OC1Oc2ccccc2-c2nc(N3CCCCC3)ncc21. The fourth-order valence-corrected chi connectivity index (χ4v) is 2.97. The van der Waals surface area contributed by atoms with E-state index in [0.717, 1.165) is 30.3 Å². The van der Waals surface area contributed by atoms with Gasteiger partial charge in [0.2, 0.25) is 12.2 Å². The van der Waals surface area contributed by atoms with Gasteiger partial charge >= 0.3 is 0 Å². The van der Waals surface area contributed by atoms with E-state index in [9.17, 15) is 5.11 Å². The van der Waals surface area contributed by atoms with Gasteiger partial charge in [0.05, 0.1) is 11.3 Å². The van der Waals surface area contributed by atoms with E-state index in [1.807, 2.05) is 24.3 Å². The minimum atomic E-state index is -0.995. The summed E-state index contributed by atoms with van der Waals surface area (Å²) in [6.07, 6.45) is 4.33. The minimum absolute atomic E-state index is 0.634. The quantitative estimate of drug-likeness (QED) is 0.871. The Bertz CT molecular complexity index is 668. The molecule has 0 aliphatic carbocycles. The Morgan fingerprint density at radius 1 is 1.14 bits per heavy atom. The smallest absolute Gasteiger partial charge is 0.227 e. The molecule has 1 unspecified atom stereocenters. The Morgan fingerprint density at radius 2 is 1.95 bits per heavy atom. The number of aliphatic hydroxyl groups excluding tert-OH is 1. The number of aromatic nitrogens is 2. The van der Waals surface area contributed by atoms with E-state index in [0.29, 0.717) is 11.3 Å².